The van der Waals surface area contributed by atoms with Gasteiger partial charge in [0.15, 0.2) is 11.5 Å². The minimum atomic E-state index is -1.37. The Morgan fingerprint density at radius 1 is 1.04 bits per heavy atom. The lowest BCUT2D eigenvalue weighted by Gasteiger charge is -2.36. The van der Waals surface area contributed by atoms with Gasteiger partial charge in [-0.25, -0.2) is 0 Å². The van der Waals surface area contributed by atoms with Crippen molar-refractivity contribution >= 4 is 0 Å². The van der Waals surface area contributed by atoms with Gasteiger partial charge in [0.1, 0.15) is 18.3 Å². The van der Waals surface area contributed by atoms with Crippen molar-refractivity contribution in [3.8, 4) is 11.5 Å². The van der Waals surface area contributed by atoms with Crippen LogP contribution in [0.25, 0.3) is 0 Å². The van der Waals surface area contributed by atoms with Crippen LogP contribution in [0, 0.1) is 0 Å². The Bertz CT molecular complexity index is 628. The zero-order valence-electron chi connectivity index (χ0n) is 13.5. The van der Waals surface area contributed by atoms with Crippen molar-refractivity contribution in [3.05, 3.63) is 22.8 Å². The molecule has 0 radical (unpaired) electrons. The van der Waals surface area contributed by atoms with E-state index in [9.17, 15) is 20.4 Å². The highest BCUT2D eigenvalue weighted by atomic mass is 16.7. The van der Waals surface area contributed by atoms with Crippen molar-refractivity contribution in [1.82, 2.24) is 0 Å². The largest absolute Gasteiger partial charge is 0.504 e. The molecular formula is C18H24O6. The summed E-state index contributed by atoms with van der Waals surface area (Å²) < 4.78 is 11.0. The fourth-order valence-electron chi connectivity index (χ4n) is 4.34. The van der Waals surface area contributed by atoms with Gasteiger partial charge >= 0.3 is 0 Å². The predicted octanol–water partition coefficient (Wildman–Crippen LogP) is 0.966. The summed E-state index contributed by atoms with van der Waals surface area (Å²) in [6.07, 6.45) is 1.39. The molecule has 1 heterocycles. The molecule has 0 aromatic heterocycles. The van der Waals surface area contributed by atoms with Crippen LogP contribution in [0.1, 0.15) is 48.3 Å². The molecule has 5 atom stereocenters. The number of aromatic hydroxyl groups is 1. The fraction of sp³-hybridized carbons (Fsp3) is 0.667. The minimum absolute atomic E-state index is 0.122. The molecule has 6 nitrogen and oxygen atoms in total. The molecule has 1 fully saturated rings. The summed E-state index contributed by atoms with van der Waals surface area (Å²) in [5, 5.41) is 40.0. The van der Waals surface area contributed by atoms with Crippen LogP contribution in [0.3, 0.4) is 0 Å². The molecule has 0 bridgehead atoms. The fourth-order valence-corrected chi connectivity index (χ4v) is 4.34. The number of phenols is 1. The third-order valence-electron chi connectivity index (χ3n) is 5.58. The van der Waals surface area contributed by atoms with E-state index in [0.29, 0.717) is 11.7 Å². The second-order valence-electron chi connectivity index (χ2n) is 7.12. The Morgan fingerprint density at radius 2 is 1.79 bits per heavy atom. The Labute approximate surface area is 140 Å². The first-order chi connectivity index (χ1) is 11.6. The van der Waals surface area contributed by atoms with Crippen LogP contribution in [0.4, 0.5) is 0 Å². The molecule has 2 aliphatic carbocycles. The minimum Gasteiger partial charge on any atom is -0.504 e. The van der Waals surface area contributed by atoms with E-state index < -0.39 is 24.6 Å². The normalized spacial score (nSPS) is 35.4. The first-order valence-electron chi connectivity index (χ1n) is 8.76. The average molecular weight is 336 g/mol. The Hall–Kier alpha value is -1.34. The van der Waals surface area contributed by atoms with Gasteiger partial charge in [0.2, 0.25) is 6.29 Å². The number of phenolic OH excluding ortho intramolecular Hbond substituents is 1. The third-order valence-corrected chi connectivity index (χ3v) is 5.58. The molecule has 24 heavy (non-hydrogen) atoms. The van der Waals surface area contributed by atoms with Gasteiger partial charge in [-0.1, -0.05) is 0 Å². The molecule has 4 N–H and O–H groups in total. The Morgan fingerprint density at radius 3 is 2.58 bits per heavy atom. The summed E-state index contributed by atoms with van der Waals surface area (Å²) in [6, 6.07) is 1.85. The molecule has 1 aromatic carbocycles. The maximum atomic E-state index is 10.7. The number of ether oxygens (including phenoxy) is 2. The summed E-state index contributed by atoms with van der Waals surface area (Å²) in [4.78, 5) is 0. The standard InChI is InChI=1S/C18H24O6/c19-12-8-23-18(17(22)16(12)21)24-13-7-10-5-1-3-9-4-2-6-11(14(9)10)15(13)20/h7,9,12,16-22H,1-6,8H2/t9?,12-,16+,17-,18?/m1/s1. The molecule has 0 spiro atoms. The highest BCUT2D eigenvalue weighted by Gasteiger charge is 2.40. The number of rotatable bonds is 2. The molecule has 3 aliphatic rings. The Kier molecular flexibility index (Phi) is 4.16. The number of hydrogen-bond donors (Lipinski definition) is 4. The predicted molar refractivity (Wildman–Crippen MR) is 85.1 cm³/mol. The van der Waals surface area contributed by atoms with Gasteiger partial charge in [-0.05, 0) is 61.6 Å². The molecular weight excluding hydrogens is 312 g/mol. The van der Waals surface area contributed by atoms with Gasteiger partial charge in [0, 0.05) is 5.56 Å². The van der Waals surface area contributed by atoms with Crippen molar-refractivity contribution in [3.63, 3.8) is 0 Å². The summed E-state index contributed by atoms with van der Waals surface area (Å²) in [5.74, 6) is 0.946. The van der Waals surface area contributed by atoms with Crippen LogP contribution >= 0.6 is 0 Å². The SMILES string of the molecule is Oc1c(OC2OC[C@@H](O)[C@H](O)[C@H]2O)cc2c3c1CCCC3CCC2. The molecule has 4 rings (SSSR count). The maximum absolute atomic E-state index is 10.7. The van der Waals surface area contributed by atoms with Crippen LogP contribution in [0.5, 0.6) is 11.5 Å². The smallest absolute Gasteiger partial charge is 0.229 e. The summed E-state index contributed by atoms with van der Waals surface area (Å²) in [7, 11) is 0. The van der Waals surface area contributed by atoms with Crippen LogP contribution in [-0.4, -0.2) is 51.6 Å². The Balaban J connectivity index is 1.65. The van der Waals surface area contributed by atoms with Crippen molar-refractivity contribution in [2.24, 2.45) is 0 Å². The number of hydrogen-bond acceptors (Lipinski definition) is 6. The first-order valence-corrected chi connectivity index (χ1v) is 8.76. The monoisotopic (exact) mass is 336 g/mol. The van der Waals surface area contributed by atoms with Crippen molar-refractivity contribution in [2.75, 3.05) is 6.61 Å². The summed E-state index contributed by atoms with van der Waals surface area (Å²) in [5.41, 5.74) is 3.46. The zero-order chi connectivity index (χ0) is 16.8. The van der Waals surface area contributed by atoms with Crippen LogP contribution in [0.15, 0.2) is 6.07 Å². The van der Waals surface area contributed by atoms with E-state index in [2.05, 4.69) is 0 Å². The van der Waals surface area contributed by atoms with Crippen LogP contribution in [0.2, 0.25) is 0 Å². The molecule has 6 heteroatoms. The molecule has 1 aliphatic heterocycles. The van der Waals surface area contributed by atoms with E-state index in [1.807, 2.05) is 6.07 Å². The highest BCUT2D eigenvalue weighted by Crippen LogP contribution is 2.48. The summed E-state index contributed by atoms with van der Waals surface area (Å²) >= 11 is 0. The zero-order valence-corrected chi connectivity index (χ0v) is 13.5. The average Bonchev–Trinajstić information content (AvgIpc) is 2.59. The van der Waals surface area contributed by atoms with E-state index in [0.717, 1.165) is 31.2 Å². The first kappa shape index (κ1) is 16.1. The number of aliphatic hydroxyl groups is 3. The molecule has 132 valence electrons. The lowest BCUT2D eigenvalue weighted by Crippen LogP contribution is -2.54. The van der Waals surface area contributed by atoms with Crippen LogP contribution in [-0.2, 0) is 17.6 Å². The number of aliphatic hydroxyl groups excluding tert-OH is 3. The second kappa shape index (κ2) is 6.19. The van der Waals surface area contributed by atoms with E-state index in [1.165, 1.54) is 24.0 Å². The molecule has 1 aromatic rings. The van der Waals surface area contributed by atoms with Gasteiger partial charge in [-0.2, -0.15) is 0 Å². The van der Waals surface area contributed by atoms with E-state index in [1.54, 1.807) is 0 Å². The van der Waals surface area contributed by atoms with Gasteiger partial charge in [0.25, 0.3) is 0 Å². The van der Waals surface area contributed by atoms with Gasteiger partial charge < -0.3 is 29.9 Å². The molecule has 0 amide bonds. The quantitative estimate of drug-likeness (QED) is 0.642. The van der Waals surface area contributed by atoms with Crippen molar-refractivity contribution in [2.45, 2.75) is 69.0 Å². The van der Waals surface area contributed by atoms with E-state index >= 15 is 0 Å². The molecule has 1 saturated heterocycles. The topological polar surface area (TPSA) is 99.4 Å². The third kappa shape index (κ3) is 2.58. The van der Waals surface area contributed by atoms with E-state index in [-0.39, 0.29) is 12.4 Å². The van der Waals surface area contributed by atoms with Crippen LogP contribution < -0.4 is 4.74 Å². The van der Waals surface area contributed by atoms with Crippen molar-refractivity contribution < 1.29 is 29.9 Å². The van der Waals surface area contributed by atoms with E-state index in [4.69, 9.17) is 9.47 Å². The summed E-state index contributed by atoms with van der Waals surface area (Å²) in [6.45, 7) is -0.122. The van der Waals surface area contributed by atoms with Gasteiger partial charge in [-0.3, -0.25) is 0 Å². The van der Waals surface area contributed by atoms with Gasteiger partial charge in [0.05, 0.1) is 6.61 Å². The highest BCUT2D eigenvalue weighted by molar-refractivity contribution is 5.56. The number of aryl methyl sites for hydroxylation is 1. The lowest BCUT2D eigenvalue weighted by molar-refractivity contribution is -0.242. The number of benzene rings is 1. The van der Waals surface area contributed by atoms with Crippen molar-refractivity contribution in [1.29, 1.82) is 0 Å². The van der Waals surface area contributed by atoms with Gasteiger partial charge in [-0.15, -0.1) is 0 Å². The second-order valence-corrected chi connectivity index (χ2v) is 7.12. The molecule has 0 saturated carbocycles. The molecule has 2 unspecified atom stereocenters. The lowest BCUT2D eigenvalue weighted by atomic mass is 9.73. The maximum Gasteiger partial charge on any atom is 0.229 e.